The highest BCUT2D eigenvalue weighted by atomic mass is 14.6. The van der Waals surface area contributed by atoms with Gasteiger partial charge in [0, 0.05) is 6.04 Å². The second-order valence-electron chi connectivity index (χ2n) is 4.18. The molecule has 0 saturated heterocycles. The Bertz CT molecular complexity index is 304. The SMILES string of the molecule is CCc1ccc(CC)c(C[C@H](N)CC)c1. The smallest absolute Gasteiger partial charge is 0.00768 e. The number of hydrogen-bond donors (Lipinski definition) is 1. The number of hydrogen-bond acceptors (Lipinski definition) is 1. The van der Waals surface area contributed by atoms with Gasteiger partial charge in [-0.1, -0.05) is 39.0 Å². The summed E-state index contributed by atoms with van der Waals surface area (Å²) in [4.78, 5) is 0. The lowest BCUT2D eigenvalue weighted by Gasteiger charge is -2.13. The number of aryl methyl sites for hydroxylation is 2. The van der Waals surface area contributed by atoms with Gasteiger partial charge in [0.1, 0.15) is 0 Å². The van der Waals surface area contributed by atoms with Gasteiger partial charge < -0.3 is 5.73 Å². The van der Waals surface area contributed by atoms with E-state index in [-0.39, 0.29) is 0 Å². The molecule has 1 rings (SSSR count). The van der Waals surface area contributed by atoms with Crippen LogP contribution in [-0.2, 0) is 19.3 Å². The van der Waals surface area contributed by atoms with E-state index >= 15 is 0 Å². The average Bonchev–Trinajstić information content (AvgIpc) is 2.28. The first kappa shape index (κ1) is 12.3. The van der Waals surface area contributed by atoms with Crippen LogP contribution < -0.4 is 5.73 Å². The van der Waals surface area contributed by atoms with E-state index in [1.165, 1.54) is 16.7 Å². The lowest BCUT2D eigenvalue weighted by Crippen LogP contribution is -2.22. The first-order chi connectivity index (χ1) is 7.21. The minimum Gasteiger partial charge on any atom is -0.327 e. The van der Waals surface area contributed by atoms with Crippen LogP contribution in [0.2, 0.25) is 0 Å². The molecule has 1 atom stereocenters. The predicted molar refractivity (Wildman–Crippen MR) is 67.2 cm³/mol. The van der Waals surface area contributed by atoms with E-state index in [2.05, 4.69) is 39.0 Å². The van der Waals surface area contributed by atoms with Crippen molar-refractivity contribution in [3.05, 3.63) is 34.9 Å². The fraction of sp³-hybridized carbons (Fsp3) is 0.571. The molecule has 0 aliphatic carbocycles. The second kappa shape index (κ2) is 5.92. The predicted octanol–water partition coefficient (Wildman–Crippen LogP) is 3.09. The Morgan fingerprint density at radius 1 is 1.07 bits per heavy atom. The molecule has 84 valence electrons. The van der Waals surface area contributed by atoms with Gasteiger partial charge in [-0.3, -0.25) is 0 Å². The highest BCUT2D eigenvalue weighted by Gasteiger charge is 2.06. The van der Waals surface area contributed by atoms with Gasteiger partial charge in [0.2, 0.25) is 0 Å². The number of benzene rings is 1. The van der Waals surface area contributed by atoms with Crippen molar-refractivity contribution in [3.63, 3.8) is 0 Å². The molecule has 0 bridgehead atoms. The Hall–Kier alpha value is -0.820. The van der Waals surface area contributed by atoms with Crippen molar-refractivity contribution in [2.45, 2.75) is 52.5 Å². The Morgan fingerprint density at radius 3 is 2.33 bits per heavy atom. The van der Waals surface area contributed by atoms with Gasteiger partial charge >= 0.3 is 0 Å². The molecule has 1 nitrogen and oxygen atoms in total. The van der Waals surface area contributed by atoms with Crippen molar-refractivity contribution in [3.8, 4) is 0 Å². The van der Waals surface area contributed by atoms with Crippen LogP contribution >= 0.6 is 0 Å². The number of rotatable bonds is 5. The molecule has 0 heterocycles. The zero-order chi connectivity index (χ0) is 11.3. The van der Waals surface area contributed by atoms with Crippen molar-refractivity contribution >= 4 is 0 Å². The van der Waals surface area contributed by atoms with Crippen LogP contribution in [-0.4, -0.2) is 6.04 Å². The molecule has 2 N–H and O–H groups in total. The standard InChI is InChI=1S/C14H23N/c1-4-11-7-8-12(5-2)13(9-11)10-14(15)6-3/h7-9,14H,4-6,10,15H2,1-3H3/t14-/m1/s1. The maximum atomic E-state index is 6.02. The lowest BCUT2D eigenvalue weighted by atomic mass is 9.95. The highest BCUT2D eigenvalue weighted by molar-refractivity contribution is 5.32. The minimum absolute atomic E-state index is 0.308. The van der Waals surface area contributed by atoms with E-state index in [4.69, 9.17) is 5.73 Å². The molecule has 0 saturated carbocycles. The van der Waals surface area contributed by atoms with Crippen molar-refractivity contribution in [2.75, 3.05) is 0 Å². The van der Waals surface area contributed by atoms with Gasteiger partial charge in [-0.05, 0) is 42.4 Å². The van der Waals surface area contributed by atoms with Gasteiger partial charge in [-0.15, -0.1) is 0 Å². The van der Waals surface area contributed by atoms with Crippen molar-refractivity contribution in [1.82, 2.24) is 0 Å². The summed E-state index contributed by atoms with van der Waals surface area (Å²) in [5.74, 6) is 0. The maximum Gasteiger partial charge on any atom is 0.00768 e. The molecule has 0 aliphatic rings. The Kier molecular flexibility index (Phi) is 4.83. The molecule has 0 amide bonds. The Balaban J connectivity index is 2.90. The summed E-state index contributed by atoms with van der Waals surface area (Å²) >= 11 is 0. The van der Waals surface area contributed by atoms with E-state index in [1.807, 2.05) is 0 Å². The monoisotopic (exact) mass is 205 g/mol. The largest absolute Gasteiger partial charge is 0.327 e. The lowest BCUT2D eigenvalue weighted by molar-refractivity contribution is 0.642. The highest BCUT2D eigenvalue weighted by Crippen LogP contribution is 2.15. The first-order valence-electron chi connectivity index (χ1n) is 6.07. The fourth-order valence-electron chi connectivity index (χ4n) is 1.86. The topological polar surface area (TPSA) is 26.0 Å². The summed E-state index contributed by atoms with van der Waals surface area (Å²) in [5, 5.41) is 0. The first-order valence-corrected chi connectivity index (χ1v) is 6.07. The summed E-state index contributed by atoms with van der Waals surface area (Å²) in [7, 11) is 0. The number of nitrogens with two attached hydrogens (primary N) is 1. The van der Waals surface area contributed by atoms with Crippen LogP contribution in [0.3, 0.4) is 0 Å². The third kappa shape index (κ3) is 3.35. The van der Waals surface area contributed by atoms with E-state index in [1.54, 1.807) is 0 Å². The summed E-state index contributed by atoms with van der Waals surface area (Å²) in [6.45, 7) is 6.56. The van der Waals surface area contributed by atoms with Gasteiger partial charge in [0.15, 0.2) is 0 Å². The van der Waals surface area contributed by atoms with Crippen molar-refractivity contribution < 1.29 is 0 Å². The summed E-state index contributed by atoms with van der Waals surface area (Å²) in [5.41, 5.74) is 10.3. The molecule has 0 unspecified atom stereocenters. The molecule has 0 fully saturated rings. The Labute approximate surface area is 93.7 Å². The fourth-order valence-corrected chi connectivity index (χ4v) is 1.86. The molecule has 15 heavy (non-hydrogen) atoms. The zero-order valence-electron chi connectivity index (χ0n) is 10.2. The van der Waals surface area contributed by atoms with Crippen LogP contribution in [0.25, 0.3) is 0 Å². The minimum atomic E-state index is 0.308. The van der Waals surface area contributed by atoms with Crippen LogP contribution in [0.15, 0.2) is 18.2 Å². The Morgan fingerprint density at radius 2 is 1.80 bits per heavy atom. The summed E-state index contributed by atoms with van der Waals surface area (Å²) < 4.78 is 0. The molecule has 1 heteroatoms. The van der Waals surface area contributed by atoms with E-state index in [9.17, 15) is 0 Å². The van der Waals surface area contributed by atoms with Gasteiger partial charge in [-0.2, -0.15) is 0 Å². The molecular weight excluding hydrogens is 182 g/mol. The van der Waals surface area contributed by atoms with Gasteiger partial charge in [-0.25, -0.2) is 0 Å². The molecule has 0 radical (unpaired) electrons. The van der Waals surface area contributed by atoms with E-state index in [0.29, 0.717) is 6.04 Å². The molecule has 1 aromatic rings. The molecule has 0 aromatic heterocycles. The normalized spacial score (nSPS) is 12.8. The molecule has 0 spiro atoms. The third-order valence-electron chi connectivity index (χ3n) is 3.07. The third-order valence-corrected chi connectivity index (χ3v) is 3.07. The quantitative estimate of drug-likeness (QED) is 0.785. The second-order valence-corrected chi connectivity index (χ2v) is 4.18. The zero-order valence-corrected chi connectivity index (χ0v) is 10.2. The van der Waals surface area contributed by atoms with Crippen LogP contribution in [0.4, 0.5) is 0 Å². The molecule has 0 aliphatic heterocycles. The molecular formula is C14H23N. The van der Waals surface area contributed by atoms with Gasteiger partial charge in [0.25, 0.3) is 0 Å². The van der Waals surface area contributed by atoms with Crippen LogP contribution in [0.5, 0.6) is 0 Å². The maximum absolute atomic E-state index is 6.02. The van der Waals surface area contributed by atoms with E-state index < -0.39 is 0 Å². The van der Waals surface area contributed by atoms with Crippen LogP contribution in [0.1, 0.15) is 43.9 Å². The van der Waals surface area contributed by atoms with Crippen LogP contribution in [0, 0.1) is 0 Å². The van der Waals surface area contributed by atoms with Gasteiger partial charge in [0.05, 0.1) is 0 Å². The molecule has 1 aromatic carbocycles. The average molecular weight is 205 g/mol. The van der Waals surface area contributed by atoms with Crippen molar-refractivity contribution in [2.24, 2.45) is 5.73 Å². The summed E-state index contributed by atoms with van der Waals surface area (Å²) in [6.07, 6.45) is 4.29. The van der Waals surface area contributed by atoms with Crippen molar-refractivity contribution in [1.29, 1.82) is 0 Å². The van der Waals surface area contributed by atoms with E-state index in [0.717, 1.165) is 25.7 Å². The summed E-state index contributed by atoms with van der Waals surface area (Å²) in [6, 6.07) is 7.13.